The summed E-state index contributed by atoms with van der Waals surface area (Å²) >= 11 is 0. The number of rotatable bonds is 2. The van der Waals surface area contributed by atoms with Gasteiger partial charge in [0.05, 0.1) is 0 Å². The number of hydrogen-bond donors (Lipinski definition) is 3. The van der Waals surface area contributed by atoms with E-state index in [0.29, 0.717) is 24.6 Å². The molecule has 4 N–H and O–H groups in total. The number of nitrogens with zero attached hydrogens (tertiary/aromatic N) is 2. The van der Waals surface area contributed by atoms with Gasteiger partial charge in [-0.05, 0) is 12.8 Å². The van der Waals surface area contributed by atoms with Crippen LogP contribution in [-0.2, 0) is 4.79 Å². The van der Waals surface area contributed by atoms with Crippen molar-refractivity contribution >= 4 is 17.6 Å². The van der Waals surface area contributed by atoms with Crippen molar-refractivity contribution in [1.29, 1.82) is 0 Å². The quantitative estimate of drug-likeness (QED) is 0.673. The number of likely N-dealkylation sites (tertiary alicyclic amines) is 1. The molecule has 98 valence electrons. The topological polar surface area (TPSA) is 104 Å². The van der Waals surface area contributed by atoms with Crippen molar-refractivity contribution in [2.45, 2.75) is 25.8 Å². The summed E-state index contributed by atoms with van der Waals surface area (Å²) in [5.41, 5.74) is 5.87. The van der Waals surface area contributed by atoms with Gasteiger partial charge in [-0.1, -0.05) is 0 Å². The third-order valence-electron chi connectivity index (χ3n) is 3.02. The summed E-state index contributed by atoms with van der Waals surface area (Å²) in [5, 5.41) is 9.21. The third-order valence-corrected chi connectivity index (χ3v) is 3.02. The summed E-state index contributed by atoms with van der Waals surface area (Å²) in [6.45, 7) is 2.76. The molecule has 0 radical (unpaired) electrons. The normalized spacial score (nSPS) is 16.6. The molecular formula is C11H17N5O2. The molecule has 0 aromatic carbocycles. The Morgan fingerprint density at radius 3 is 2.67 bits per heavy atom. The minimum atomic E-state index is -0.0968. The SMILES string of the molecule is CC(=O)NC1CCN(C(=O)c2cc(N)n[nH]2)CC1. The Kier molecular flexibility index (Phi) is 3.50. The molecule has 18 heavy (non-hydrogen) atoms. The maximum absolute atomic E-state index is 12.1. The van der Waals surface area contributed by atoms with Crippen LogP contribution in [0.5, 0.6) is 0 Å². The van der Waals surface area contributed by atoms with Gasteiger partial charge in [-0.3, -0.25) is 14.7 Å². The smallest absolute Gasteiger partial charge is 0.271 e. The van der Waals surface area contributed by atoms with Gasteiger partial charge >= 0.3 is 0 Å². The van der Waals surface area contributed by atoms with Crippen molar-refractivity contribution in [3.63, 3.8) is 0 Å². The second-order valence-electron chi connectivity index (χ2n) is 4.47. The maximum atomic E-state index is 12.1. The highest BCUT2D eigenvalue weighted by molar-refractivity contribution is 5.93. The number of piperidine rings is 1. The highest BCUT2D eigenvalue weighted by Gasteiger charge is 2.24. The van der Waals surface area contributed by atoms with Crippen molar-refractivity contribution in [2.24, 2.45) is 0 Å². The average Bonchev–Trinajstić information content (AvgIpc) is 2.75. The molecule has 7 heteroatoms. The largest absolute Gasteiger partial charge is 0.382 e. The minimum absolute atomic E-state index is 0.0267. The summed E-state index contributed by atoms with van der Waals surface area (Å²) < 4.78 is 0. The van der Waals surface area contributed by atoms with E-state index in [4.69, 9.17) is 5.73 Å². The molecule has 1 aromatic rings. The molecule has 0 aliphatic carbocycles. The van der Waals surface area contributed by atoms with Crippen LogP contribution in [0.2, 0.25) is 0 Å². The Morgan fingerprint density at radius 1 is 1.50 bits per heavy atom. The van der Waals surface area contributed by atoms with E-state index in [1.807, 2.05) is 0 Å². The predicted molar refractivity (Wildman–Crippen MR) is 65.7 cm³/mol. The van der Waals surface area contributed by atoms with Gasteiger partial charge in [0.2, 0.25) is 5.91 Å². The first-order valence-corrected chi connectivity index (χ1v) is 5.93. The Balaban J connectivity index is 1.90. The molecule has 0 bridgehead atoms. The van der Waals surface area contributed by atoms with E-state index in [2.05, 4.69) is 15.5 Å². The Labute approximate surface area is 105 Å². The zero-order valence-electron chi connectivity index (χ0n) is 10.3. The second kappa shape index (κ2) is 5.07. The van der Waals surface area contributed by atoms with Crippen molar-refractivity contribution in [3.8, 4) is 0 Å². The van der Waals surface area contributed by atoms with Crippen LogP contribution in [0, 0.1) is 0 Å². The first kappa shape index (κ1) is 12.4. The predicted octanol–water partition coefficient (Wildman–Crippen LogP) is -0.267. The number of nitrogen functional groups attached to an aromatic ring is 1. The average molecular weight is 251 g/mol. The number of amides is 2. The molecule has 2 heterocycles. The lowest BCUT2D eigenvalue weighted by atomic mass is 10.0. The summed E-state index contributed by atoms with van der Waals surface area (Å²) in [6.07, 6.45) is 1.55. The lowest BCUT2D eigenvalue weighted by Crippen LogP contribution is -2.46. The van der Waals surface area contributed by atoms with Gasteiger partial charge < -0.3 is 16.0 Å². The van der Waals surface area contributed by atoms with Gasteiger partial charge in [0, 0.05) is 32.1 Å². The molecule has 1 aliphatic rings. The van der Waals surface area contributed by atoms with E-state index in [-0.39, 0.29) is 17.9 Å². The zero-order valence-corrected chi connectivity index (χ0v) is 10.3. The molecule has 0 spiro atoms. The first-order chi connectivity index (χ1) is 8.56. The van der Waals surface area contributed by atoms with E-state index in [0.717, 1.165) is 12.8 Å². The second-order valence-corrected chi connectivity index (χ2v) is 4.47. The fraction of sp³-hybridized carbons (Fsp3) is 0.545. The van der Waals surface area contributed by atoms with E-state index in [1.165, 1.54) is 13.0 Å². The van der Waals surface area contributed by atoms with Gasteiger partial charge in [-0.15, -0.1) is 0 Å². The number of anilines is 1. The number of nitrogens with one attached hydrogen (secondary N) is 2. The summed E-state index contributed by atoms with van der Waals surface area (Å²) in [6, 6.07) is 1.70. The Bertz CT molecular complexity index is 448. The monoisotopic (exact) mass is 251 g/mol. The molecule has 7 nitrogen and oxygen atoms in total. The molecule has 0 atom stereocenters. The van der Waals surface area contributed by atoms with Crippen molar-refractivity contribution in [2.75, 3.05) is 18.8 Å². The van der Waals surface area contributed by atoms with Crippen molar-refractivity contribution < 1.29 is 9.59 Å². The molecule has 1 aromatic heterocycles. The maximum Gasteiger partial charge on any atom is 0.271 e. The standard InChI is InChI=1S/C11H17N5O2/c1-7(17)13-8-2-4-16(5-3-8)11(18)9-6-10(12)15-14-9/h6,8H,2-5H2,1H3,(H,13,17)(H3,12,14,15). The Hall–Kier alpha value is -2.05. The van der Waals surface area contributed by atoms with Crippen LogP contribution >= 0.6 is 0 Å². The number of nitrogens with two attached hydrogens (primary N) is 1. The number of hydrogen-bond acceptors (Lipinski definition) is 4. The molecule has 1 saturated heterocycles. The molecule has 0 saturated carbocycles. The molecule has 0 unspecified atom stereocenters. The number of carbonyl (C=O) groups excluding carboxylic acids is 2. The number of aromatic nitrogens is 2. The molecule has 1 aliphatic heterocycles. The van der Waals surface area contributed by atoms with Crippen LogP contribution in [0.3, 0.4) is 0 Å². The van der Waals surface area contributed by atoms with Crippen molar-refractivity contribution in [1.82, 2.24) is 20.4 Å². The van der Waals surface area contributed by atoms with Crippen LogP contribution in [-0.4, -0.2) is 46.0 Å². The highest BCUT2D eigenvalue weighted by atomic mass is 16.2. The van der Waals surface area contributed by atoms with E-state index >= 15 is 0 Å². The van der Waals surface area contributed by atoms with Gasteiger partial charge in [0.25, 0.3) is 5.91 Å². The van der Waals surface area contributed by atoms with Crippen LogP contribution in [0.25, 0.3) is 0 Å². The molecule has 2 amide bonds. The van der Waals surface area contributed by atoms with E-state index in [9.17, 15) is 9.59 Å². The van der Waals surface area contributed by atoms with Gasteiger partial charge in [-0.2, -0.15) is 5.10 Å². The number of carbonyl (C=O) groups is 2. The first-order valence-electron chi connectivity index (χ1n) is 5.93. The fourth-order valence-corrected chi connectivity index (χ4v) is 2.13. The van der Waals surface area contributed by atoms with E-state index in [1.54, 1.807) is 4.90 Å². The lowest BCUT2D eigenvalue weighted by molar-refractivity contribution is -0.119. The zero-order chi connectivity index (χ0) is 13.1. The summed E-state index contributed by atoms with van der Waals surface area (Å²) in [4.78, 5) is 24.7. The lowest BCUT2D eigenvalue weighted by Gasteiger charge is -2.31. The van der Waals surface area contributed by atoms with Gasteiger partial charge in [0.1, 0.15) is 11.5 Å². The fourth-order valence-electron chi connectivity index (χ4n) is 2.13. The molecular weight excluding hydrogens is 234 g/mol. The van der Waals surface area contributed by atoms with Crippen LogP contribution in [0.1, 0.15) is 30.3 Å². The minimum Gasteiger partial charge on any atom is -0.382 e. The van der Waals surface area contributed by atoms with Crippen molar-refractivity contribution in [3.05, 3.63) is 11.8 Å². The molecule has 2 rings (SSSR count). The highest BCUT2D eigenvalue weighted by Crippen LogP contribution is 2.13. The van der Waals surface area contributed by atoms with Crippen LogP contribution in [0.15, 0.2) is 6.07 Å². The van der Waals surface area contributed by atoms with Gasteiger partial charge in [-0.25, -0.2) is 0 Å². The molecule has 1 fully saturated rings. The van der Waals surface area contributed by atoms with Gasteiger partial charge in [0.15, 0.2) is 0 Å². The third kappa shape index (κ3) is 2.79. The summed E-state index contributed by atoms with van der Waals surface area (Å²) in [5.74, 6) is 0.188. The summed E-state index contributed by atoms with van der Waals surface area (Å²) in [7, 11) is 0. The number of H-pyrrole nitrogens is 1. The van der Waals surface area contributed by atoms with Crippen LogP contribution in [0.4, 0.5) is 5.82 Å². The van der Waals surface area contributed by atoms with Crippen LogP contribution < -0.4 is 11.1 Å². The number of aromatic amines is 1. The Morgan fingerprint density at radius 2 is 2.17 bits per heavy atom. The van der Waals surface area contributed by atoms with E-state index < -0.39 is 0 Å².